The average Bonchev–Trinajstić information content (AvgIpc) is 2.86. The van der Waals surface area contributed by atoms with E-state index in [2.05, 4.69) is 4.98 Å². The molecule has 0 amide bonds. The molecule has 0 saturated carbocycles. The first-order valence-electron chi connectivity index (χ1n) is 5.18. The Morgan fingerprint density at radius 3 is 2.82 bits per heavy atom. The van der Waals surface area contributed by atoms with E-state index in [0.717, 1.165) is 21.4 Å². The lowest BCUT2D eigenvalue weighted by atomic mass is 10.3. The maximum atomic E-state index is 9.03. The minimum atomic E-state index is 0.0252. The van der Waals surface area contributed by atoms with Crippen LogP contribution in [0.5, 0.6) is 5.75 Å². The number of aliphatic hydroxyl groups excluding tert-OH is 1. The van der Waals surface area contributed by atoms with Gasteiger partial charge in [-0.05, 0) is 12.1 Å². The van der Waals surface area contributed by atoms with E-state index >= 15 is 0 Å². The second-order valence-electron chi connectivity index (χ2n) is 3.50. The van der Waals surface area contributed by atoms with Crippen LogP contribution in [0.1, 0.15) is 4.88 Å². The summed E-state index contributed by atoms with van der Waals surface area (Å²) in [5.74, 6) is 0.802. The zero-order valence-electron chi connectivity index (χ0n) is 9.75. The first-order valence-corrected chi connectivity index (χ1v) is 6.00. The molecule has 0 aliphatic rings. The number of anilines is 2. The molecular formula is C12H14N2O2S. The summed E-state index contributed by atoms with van der Waals surface area (Å²) in [5.41, 5.74) is 0.953. The van der Waals surface area contributed by atoms with Crippen molar-refractivity contribution in [3.8, 4) is 5.75 Å². The molecule has 5 heteroatoms. The van der Waals surface area contributed by atoms with Crippen molar-refractivity contribution in [1.82, 2.24) is 4.98 Å². The summed E-state index contributed by atoms with van der Waals surface area (Å²) in [7, 11) is 3.57. The van der Waals surface area contributed by atoms with Crippen LogP contribution >= 0.6 is 11.3 Å². The predicted molar refractivity (Wildman–Crippen MR) is 69.1 cm³/mol. The molecule has 0 unspecified atom stereocenters. The van der Waals surface area contributed by atoms with Crippen LogP contribution in [0.3, 0.4) is 0 Å². The Balaban J connectivity index is 2.32. The number of hydrogen-bond donors (Lipinski definition) is 1. The smallest absolute Gasteiger partial charge is 0.189 e. The molecule has 0 atom stereocenters. The number of methoxy groups -OCH3 is 1. The fourth-order valence-corrected chi connectivity index (χ4v) is 2.28. The monoisotopic (exact) mass is 250 g/mol. The maximum Gasteiger partial charge on any atom is 0.189 e. The van der Waals surface area contributed by atoms with Gasteiger partial charge in [0.15, 0.2) is 5.13 Å². The third-order valence-electron chi connectivity index (χ3n) is 2.43. The number of benzene rings is 1. The van der Waals surface area contributed by atoms with Gasteiger partial charge in [-0.3, -0.25) is 0 Å². The number of aromatic nitrogens is 1. The zero-order chi connectivity index (χ0) is 12.3. The van der Waals surface area contributed by atoms with Gasteiger partial charge < -0.3 is 14.7 Å². The average molecular weight is 250 g/mol. The van der Waals surface area contributed by atoms with Gasteiger partial charge in [-0.15, -0.1) is 0 Å². The van der Waals surface area contributed by atoms with Gasteiger partial charge >= 0.3 is 0 Å². The zero-order valence-corrected chi connectivity index (χ0v) is 10.6. The van der Waals surface area contributed by atoms with Crippen molar-refractivity contribution in [3.63, 3.8) is 0 Å². The molecule has 0 aliphatic carbocycles. The number of hydrogen-bond acceptors (Lipinski definition) is 5. The largest absolute Gasteiger partial charge is 0.495 e. The van der Waals surface area contributed by atoms with Crippen LogP contribution in [-0.4, -0.2) is 24.2 Å². The highest BCUT2D eigenvalue weighted by atomic mass is 32.1. The number of thiazole rings is 1. The quantitative estimate of drug-likeness (QED) is 0.905. The Kier molecular flexibility index (Phi) is 3.61. The van der Waals surface area contributed by atoms with Crippen molar-refractivity contribution in [1.29, 1.82) is 0 Å². The highest BCUT2D eigenvalue weighted by Crippen LogP contribution is 2.34. The summed E-state index contributed by atoms with van der Waals surface area (Å²) in [6.45, 7) is 0.0252. The minimum absolute atomic E-state index is 0.0252. The van der Waals surface area contributed by atoms with Crippen LogP contribution in [-0.2, 0) is 6.61 Å². The lowest BCUT2D eigenvalue weighted by molar-refractivity contribution is 0.285. The molecule has 1 aromatic heterocycles. The van der Waals surface area contributed by atoms with Crippen LogP contribution in [0.25, 0.3) is 0 Å². The molecule has 1 N–H and O–H groups in total. The molecule has 0 spiro atoms. The molecule has 1 aromatic carbocycles. The van der Waals surface area contributed by atoms with Crippen molar-refractivity contribution in [2.45, 2.75) is 6.61 Å². The van der Waals surface area contributed by atoms with E-state index in [4.69, 9.17) is 9.84 Å². The Morgan fingerprint density at radius 2 is 2.18 bits per heavy atom. The Morgan fingerprint density at radius 1 is 1.41 bits per heavy atom. The summed E-state index contributed by atoms with van der Waals surface area (Å²) in [4.78, 5) is 7.06. The molecule has 0 saturated heterocycles. The van der Waals surface area contributed by atoms with E-state index in [1.54, 1.807) is 13.3 Å². The van der Waals surface area contributed by atoms with Gasteiger partial charge in [0.2, 0.25) is 0 Å². The number of rotatable bonds is 4. The minimum Gasteiger partial charge on any atom is -0.495 e. The summed E-state index contributed by atoms with van der Waals surface area (Å²) in [6, 6.07) is 7.76. The fourth-order valence-electron chi connectivity index (χ4n) is 1.54. The van der Waals surface area contributed by atoms with Gasteiger partial charge in [-0.25, -0.2) is 4.98 Å². The summed E-state index contributed by atoms with van der Waals surface area (Å²) < 4.78 is 5.31. The second-order valence-corrected chi connectivity index (χ2v) is 4.59. The molecule has 17 heavy (non-hydrogen) atoms. The molecule has 90 valence electrons. The van der Waals surface area contributed by atoms with Gasteiger partial charge in [0, 0.05) is 13.2 Å². The van der Waals surface area contributed by atoms with Gasteiger partial charge in [-0.1, -0.05) is 23.5 Å². The molecule has 0 bridgehead atoms. The SMILES string of the molecule is COc1ccccc1N(C)c1ncc(CO)s1. The summed E-state index contributed by atoms with van der Waals surface area (Å²) >= 11 is 1.46. The van der Waals surface area contributed by atoms with Crippen molar-refractivity contribution >= 4 is 22.2 Å². The van der Waals surface area contributed by atoms with E-state index in [-0.39, 0.29) is 6.61 Å². The molecule has 0 radical (unpaired) electrons. The van der Waals surface area contributed by atoms with Gasteiger partial charge in [-0.2, -0.15) is 0 Å². The number of nitrogens with zero attached hydrogens (tertiary/aromatic N) is 2. The van der Waals surface area contributed by atoms with Crippen LogP contribution in [0.4, 0.5) is 10.8 Å². The third kappa shape index (κ3) is 2.40. The van der Waals surface area contributed by atoms with Crippen LogP contribution in [0.15, 0.2) is 30.5 Å². The molecule has 4 nitrogen and oxygen atoms in total. The molecule has 2 aromatic rings. The van der Waals surface area contributed by atoms with Gasteiger partial charge in [0.05, 0.1) is 24.3 Å². The molecular weight excluding hydrogens is 236 g/mol. The van der Waals surface area contributed by atoms with E-state index in [9.17, 15) is 0 Å². The molecule has 2 rings (SSSR count). The van der Waals surface area contributed by atoms with E-state index in [1.807, 2.05) is 36.2 Å². The Bertz CT molecular complexity index is 499. The number of para-hydroxylation sites is 2. The first kappa shape index (κ1) is 11.9. The fraction of sp³-hybridized carbons (Fsp3) is 0.250. The van der Waals surface area contributed by atoms with Crippen molar-refractivity contribution < 1.29 is 9.84 Å². The molecule has 1 heterocycles. The standard InChI is InChI=1S/C12H14N2O2S/c1-14(12-13-7-9(8-15)17-12)10-5-3-4-6-11(10)16-2/h3-7,15H,8H2,1-2H3. The first-order chi connectivity index (χ1) is 8.26. The normalized spacial score (nSPS) is 10.3. The summed E-state index contributed by atoms with van der Waals surface area (Å²) in [5, 5.41) is 9.86. The van der Waals surface area contributed by atoms with E-state index < -0.39 is 0 Å². The van der Waals surface area contributed by atoms with Gasteiger partial charge in [0.1, 0.15) is 5.75 Å². The van der Waals surface area contributed by atoms with Crippen LogP contribution < -0.4 is 9.64 Å². The third-order valence-corrected chi connectivity index (χ3v) is 3.49. The van der Waals surface area contributed by atoms with Gasteiger partial charge in [0.25, 0.3) is 0 Å². The highest BCUT2D eigenvalue weighted by molar-refractivity contribution is 7.15. The Hall–Kier alpha value is -1.59. The van der Waals surface area contributed by atoms with Crippen molar-refractivity contribution in [2.75, 3.05) is 19.1 Å². The number of ether oxygens (including phenoxy) is 1. The molecule has 0 aliphatic heterocycles. The van der Waals surface area contributed by atoms with Crippen LogP contribution in [0, 0.1) is 0 Å². The van der Waals surface area contributed by atoms with Crippen molar-refractivity contribution in [2.24, 2.45) is 0 Å². The molecule has 0 fully saturated rings. The highest BCUT2D eigenvalue weighted by Gasteiger charge is 2.12. The lowest BCUT2D eigenvalue weighted by Gasteiger charge is -2.18. The lowest BCUT2D eigenvalue weighted by Crippen LogP contribution is -2.10. The van der Waals surface area contributed by atoms with E-state index in [0.29, 0.717) is 0 Å². The summed E-state index contributed by atoms with van der Waals surface area (Å²) in [6.07, 6.45) is 1.69. The maximum absolute atomic E-state index is 9.03. The topological polar surface area (TPSA) is 45.6 Å². The van der Waals surface area contributed by atoms with E-state index in [1.165, 1.54) is 11.3 Å². The predicted octanol–water partition coefficient (Wildman–Crippen LogP) is 2.41. The second kappa shape index (κ2) is 5.16. The van der Waals surface area contributed by atoms with Crippen LogP contribution in [0.2, 0.25) is 0 Å². The Labute approximate surface area is 104 Å². The van der Waals surface area contributed by atoms with Crippen molar-refractivity contribution in [3.05, 3.63) is 35.3 Å². The number of aliphatic hydroxyl groups is 1.